The molecule has 1 aromatic carbocycles. The first-order chi connectivity index (χ1) is 8.28. The number of anilines is 1. The molecule has 0 radical (unpaired) electrons. The zero-order valence-electron chi connectivity index (χ0n) is 11.4. The van der Waals surface area contributed by atoms with Gasteiger partial charge in [0, 0.05) is 12.2 Å². The van der Waals surface area contributed by atoms with E-state index in [0.717, 1.165) is 5.56 Å². The quantitative estimate of drug-likeness (QED) is 0.772. The van der Waals surface area contributed by atoms with Gasteiger partial charge in [0.1, 0.15) is 0 Å². The summed E-state index contributed by atoms with van der Waals surface area (Å²) in [7, 11) is 0. The minimum Gasteiger partial charge on any atom is -0.389 e. The average Bonchev–Trinajstić information content (AvgIpc) is 2.26. The van der Waals surface area contributed by atoms with Gasteiger partial charge in [-0.05, 0) is 30.0 Å². The van der Waals surface area contributed by atoms with Gasteiger partial charge in [-0.25, -0.2) is 4.79 Å². The molecule has 4 nitrogen and oxygen atoms in total. The Morgan fingerprint density at radius 3 is 2.61 bits per heavy atom. The summed E-state index contributed by atoms with van der Waals surface area (Å²) < 4.78 is 0. The molecule has 1 rings (SSSR count). The van der Waals surface area contributed by atoms with Crippen LogP contribution < -0.4 is 10.6 Å². The Morgan fingerprint density at radius 1 is 1.39 bits per heavy atom. The van der Waals surface area contributed by atoms with E-state index < -0.39 is 6.10 Å². The van der Waals surface area contributed by atoms with E-state index in [4.69, 9.17) is 0 Å². The number of hydrogen-bond donors (Lipinski definition) is 3. The molecule has 18 heavy (non-hydrogen) atoms. The molecule has 0 aliphatic rings. The van der Waals surface area contributed by atoms with E-state index in [0.29, 0.717) is 12.2 Å². The highest BCUT2D eigenvalue weighted by molar-refractivity contribution is 5.89. The highest BCUT2D eigenvalue weighted by atomic mass is 16.3. The Morgan fingerprint density at radius 2 is 2.06 bits per heavy atom. The molecule has 0 saturated carbocycles. The number of carbonyl (C=O) groups is 1. The monoisotopic (exact) mass is 250 g/mol. The van der Waals surface area contributed by atoms with Crippen LogP contribution in [0.15, 0.2) is 24.3 Å². The number of hydrogen-bond acceptors (Lipinski definition) is 2. The summed E-state index contributed by atoms with van der Waals surface area (Å²) in [5, 5.41) is 15.0. The maximum Gasteiger partial charge on any atom is 0.319 e. The number of urea groups is 1. The standard InChI is InChI=1S/C14H22N2O2/c1-10(17)11-6-5-7-12(8-11)16-13(18)15-9-14(2,3)4/h5-8,10,17H,9H2,1-4H3,(H2,15,16,18). The number of benzene rings is 1. The van der Waals surface area contributed by atoms with Crippen molar-refractivity contribution in [2.45, 2.75) is 33.8 Å². The number of nitrogens with one attached hydrogen (secondary N) is 2. The number of carbonyl (C=O) groups excluding carboxylic acids is 1. The normalized spacial score (nSPS) is 12.9. The molecule has 0 fully saturated rings. The van der Waals surface area contributed by atoms with E-state index in [2.05, 4.69) is 31.4 Å². The minimum absolute atomic E-state index is 0.0544. The van der Waals surface area contributed by atoms with Crippen molar-refractivity contribution < 1.29 is 9.90 Å². The number of aliphatic hydroxyl groups is 1. The highest BCUT2D eigenvalue weighted by Crippen LogP contribution is 2.17. The fourth-order valence-corrected chi connectivity index (χ4v) is 1.40. The van der Waals surface area contributed by atoms with Crippen LogP contribution in [0.2, 0.25) is 0 Å². The lowest BCUT2D eigenvalue weighted by atomic mass is 9.97. The molecule has 1 unspecified atom stereocenters. The molecule has 1 aromatic rings. The van der Waals surface area contributed by atoms with E-state index in [1.807, 2.05) is 6.07 Å². The van der Waals surface area contributed by atoms with Gasteiger partial charge in [-0.3, -0.25) is 0 Å². The van der Waals surface area contributed by atoms with Crippen molar-refractivity contribution in [2.75, 3.05) is 11.9 Å². The van der Waals surface area contributed by atoms with Crippen LogP contribution in [-0.2, 0) is 0 Å². The third-order valence-electron chi connectivity index (χ3n) is 2.41. The Balaban J connectivity index is 2.57. The Hall–Kier alpha value is -1.55. The van der Waals surface area contributed by atoms with Crippen molar-refractivity contribution in [2.24, 2.45) is 5.41 Å². The smallest absolute Gasteiger partial charge is 0.319 e. The molecule has 0 aliphatic carbocycles. The first-order valence-electron chi connectivity index (χ1n) is 6.11. The van der Waals surface area contributed by atoms with Crippen molar-refractivity contribution in [1.82, 2.24) is 5.32 Å². The van der Waals surface area contributed by atoms with Crippen LogP contribution >= 0.6 is 0 Å². The zero-order valence-corrected chi connectivity index (χ0v) is 11.4. The van der Waals surface area contributed by atoms with Crippen molar-refractivity contribution in [3.8, 4) is 0 Å². The summed E-state index contributed by atoms with van der Waals surface area (Å²) in [4.78, 5) is 11.7. The van der Waals surface area contributed by atoms with Gasteiger partial charge in [0.05, 0.1) is 6.10 Å². The molecule has 0 aromatic heterocycles. The zero-order chi connectivity index (χ0) is 13.8. The van der Waals surface area contributed by atoms with Gasteiger partial charge in [-0.2, -0.15) is 0 Å². The third kappa shape index (κ3) is 5.19. The van der Waals surface area contributed by atoms with E-state index in [9.17, 15) is 9.90 Å². The summed E-state index contributed by atoms with van der Waals surface area (Å²) in [5.74, 6) is 0. The third-order valence-corrected chi connectivity index (χ3v) is 2.41. The number of aliphatic hydroxyl groups excluding tert-OH is 1. The minimum atomic E-state index is -0.538. The van der Waals surface area contributed by atoms with Crippen LogP contribution in [-0.4, -0.2) is 17.7 Å². The molecular formula is C14H22N2O2. The second kappa shape index (κ2) is 5.87. The summed E-state index contributed by atoms with van der Waals surface area (Å²) in [6.07, 6.45) is -0.538. The molecule has 4 heteroatoms. The topological polar surface area (TPSA) is 61.4 Å². The van der Waals surface area contributed by atoms with Gasteiger partial charge in [0.15, 0.2) is 0 Å². The second-order valence-electron chi connectivity index (χ2n) is 5.67. The fraction of sp³-hybridized carbons (Fsp3) is 0.500. The van der Waals surface area contributed by atoms with Crippen molar-refractivity contribution in [3.05, 3.63) is 29.8 Å². The van der Waals surface area contributed by atoms with E-state index in [1.165, 1.54) is 0 Å². The molecule has 0 heterocycles. The maximum absolute atomic E-state index is 11.7. The van der Waals surface area contributed by atoms with Crippen LogP contribution in [0, 0.1) is 5.41 Å². The maximum atomic E-state index is 11.7. The molecule has 3 N–H and O–H groups in total. The lowest BCUT2D eigenvalue weighted by Gasteiger charge is -2.19. The Bertz CT molecular complexity index is 409. The molecular weight excluding hydrogens is 228 g/mol. The second-order valence-corrected chi connectivity index (χ2v) is 5.67. The molecule has 0 spiro atoms. The number of rotatable bonds is 3. The van der Waals surface area contributed by atoms with Gasteiger partial charge >= 0.3 is 6.03 Å². The summed E-state index contributed by atoms with van der Waals surface area (Å²) in [6.45, 7) is 8.47. The fourth-order valence-electron chi connectivity index (χ4n) is 1.40. The van der Waals surface area contributed by atoms with Crippen LogP contribution in [0.3, 0.4) is 0 Å². The molecule has 0 aliphatic heterocycles. The van der Waals surface area contributed by atoms with Crippen molar-refractivity contribution in [3.63, 3.8) is 0 Å². The SMILES string of the molecule is CC(O)c1cccc(NC(=O)NCC(C)(C)C)c1. The van der Waals surface area contributed by atoms with Crippen LogP contribution in [0.5, 0.6) is 0 Å². The van der Waals surface area contributed by atoms with Gasteiger partial charge in [-0.15, -0.1) is 0 Å². The van der Waals surface area contributed by atoms with Crippen LogP contribution in [0.1, 0.15) is 39.4 Å². The summed E-state index contributed by atoms with van der Waals surface area (Å²) in [5.41, 5.74) is 1.52. The van der Waals surface area contributed by atoms with Crippen molar-refractivity contribution >= 4 is 11.7 Å². The Kier molecular flexibility index (Phi) is 4.73. The van der Waals surface area contributed by atoms with Gasteiger partial charge in [0.2, 0.25) is 0 Å². The molecule has 0 saturated heterocycles. The average molecular weight is 250 g/mol. The predicted octanol–water partition coefficient (Wildman–Crippen LogP) is 2.91. The molecule has 2 amide bonds. The van der Waals surface area contributed by atoms with E-state index >= 15 is 0 Å². The Labute approximate surface area is 108 Å². The number of amides is 2. The molecule has 100 valence electrons. The first kappa shape index (κ1) is 14.5. The first-order valence-corrected chi connectivity index (χ1v) is 6.11. The lowest BCUT2D eigenvalue weighted by molar-refractivity contribution is 0.199. The largest absolute Gasteiger partial charge is 0.389 e. The van der Waals surface area contributed by atoms with Gasteiger partial charge in [0.25, 0.3) is 0 Å². The summed E-state index contributed by atoms with van der Waals surface area (Å²) in [6, 6.07) is 6.96. The highest BCUT2D eigenvalue weighted by Gasteiger charge is 2.12. The van der Waals surface area contributed by atoms with Crippen LogP contribution in [0.25, 0.3) is 0 Å². The van der Waals surface area contributed by atoms with Crippen molar-refractivity contribution in [1.29, 1.82) is 0 Å². The van der Waals surface area contributed by atoms with E-state index in [1.54, 1.807) is 25.1 Å². The molecule has 0 bridgehead atoms. The predicted molar refractivity (Wildman–Crippen MR) is 73.6 cm³/mol. The van der Waals surface area contributed by atoms with Gasteiger partial charge in [-0.1, -0.05) is 32.9 Å². The summed E-state index contributed by atoms with van der Waals surface area (Å²) >= 11 is 0. The molecule has 1 atom stereocenters. The lowest BCUT2D eigenvalue weighted by Crippen LogP contribution is -2.35. The van der Waals surface area contributed by atoms with Gasteiger partial charge < -0.3 is 15.7 Å². The van der Waals surface area contributed by atoms with E-state index in [-0.39, 0.29) is 11.4 Å². The van der Waals surface area contributed by atoms with Crippen LogP contribution in [0.4, 0.5) is 10.5 Å².